The fourth-order valence-corrected chi connectivity index (χ4v) is 2.73. The molecule has 0 amide bonds. The smallest absolute Gasteiger partial charge is 0.326 e. The summed E-state index contributed by atoms with van der Waals surface area (Å²) < 4.78 is 36.1. The van der Waals surface area contributed by atoms with Gasteiger partial charge in [0.1, 0.15) is 11.9 Å². The van der Waals surface area contributed by atoms with E-state index in [1.807, 2.05) is 0 Å². The van der Waals surface area contributed by atoms with Gasteiger partial charge in [0.15, 0.2) is 0 Å². The summed E-state index contributed by atoms with van der Waals surface area (Å²) >= 11 is 0. The summed E-state index contributed by atoms with van der Waals surface area (Å²) in [7, 11) is -3.97. The molecule has 19 heavy (non-hydrogen) atoms. The number of anilines is 1. The van der Waals surface area contributed by atoms with E-state index < -0.39 is 27.9 Å². The molecule has 1 aromatic rings. The summed E-state index contributed by atoms with van der Waals surface area (Å²) in [5, 5.41) is 13.9. The first-order chi connectivity index (χ1) is 8.80. The highest BCUT2D eigenvalue weighted by Gasteiger charge is 2.32. The van der Waals surface area contributed by atoms with E-state index in [1.165, 1.54) is 17.0 Å². The Bertz CT molecular complexity index is 617. The summed E-state index contributed by atoms with van der Waals surface area (Å²) in [5.74, 6) is -1.81. The zero-order valence-corrected chi connectivity index (χ0v) is 10.7. The summed E-state index contributed by atoms with van der Waals surface area (Å²) in [5.41, 5.74) is 0.0808. The number of aliphatic carboxylic acids is 1. The predicted molar refractivity (Wildman–Crippen MR) is 65.8 cm³/mol. The van der Waals surface area contributed by atoms with Crippen LogP contribution in [0.15, 0.2) is 23.1 Å². The number of rotatable bonds is 3. The largest absolute Gasteiger partial charge is 0.480 e. The van der Waals surface area contributed by atoms with Crippen LogP contribution in [0.25, 0.3) is 0 Å². The number of carbonyl (C=O) groups is 1. The van der Waals surface area contributed by atoms with Crippen LogP contribution < -0.4 is 10.0 Å². The molecule has 3 N–H and O–H groups in total. The third-order valence-corrected chi connectivity index (χ3v) is 4.01. The van der Waals surface area contributed by atoms with E-state index in [4.69, 9.17) is 10.2 Å². The molecule has 1 aliphatic heterocycles. The average molecular weight is 288 g/mol. The second kappa shape index (κ2) is 4.78. The molecule has 1 aliphatic rings. The number of hydrogen-bond acceptors (Lipinski definition) is 4. The van der Waals surface area contributed by atoms with Crippen LogP contribution in [0.5, 0.6) is 0 Å². The minimum atomic E-state index is -3.97. The summed E-state index contributed by atoms with van der Waals surface area (Å²) in [6, 6.07) is 2.44. The first-order valence-corrected chi connectivity index (χ1v) is 7.17. The van der Waals surface area contributed by atoms with Gasteiger partial charge in [-0.05, 0) is 31.0 Å². The highest BCUT2D eigenvalue weighted by atomic mass is 32.2. The molecule has 1 aromatic carbocycles. The van der Waals surface area contributed by atoms with Gasteiger partial charge < -0.3 is 10.0 Å². The first kappa shape index (κ1) is 13.8. The molecule has 1 atom stereocenters. The van der Waals surface area contributed by atoms with Crippen molar-refractivity contribution in [1.82, 2.24) is 0 Å². The molecule has 1 saturated heterocycles. The minimum absolute atomic E-state index is 0.0808. The zero-order chi connectivity index (χ0) is 14.2. The SMILES string of the molecule is NS(=O)(=O)c1ccc(N2CCCC2C(=O)O)c(F)c1. The van der Waals surface area contributed by atoms with Crippen molar-refractivity contribution in [3.8, 4) is 0 Å². The molecule has 0 bridgehead atoms. The predicted octanol–water partition coefficient (Wildman–Crippen LogP) is 0.526. The van der Waals surface area contributed by atoms with Crippen molar-refractivity contribution < 1.29 is 22.7 Å². The Morgan fingerprint density at radius 3 is 2.68 bits per heavy atom. The third-order valence-electron chi connectivity index (χ3n) is 3.09. The maximum absolute atomic E-state index is 13.9. The topological polar surface area (TPSA) is 101 Å². The van der Waals surface area contributed by atoms with Crippen LogP contribution in [0.1, 0.15) is 12.8 Å². The Hall–Kier alpha value is -1.67. The molecule has 0 aliphatic carbocycles. The first-order valence-electron chi connectivity index (χ1n) is 5.62. The van der Waals surface area contributed by atoms with Crippen molar-refractivity contribution in [2.24, 2.45) is 5.14 Å². The van der Waals surface area contributed by atoms with Crippen molar-refractivity contribution in [3.63, 3.8) is 0 Å². The van der Waals surface area contributed by atoms with Crippen LogP contribution in [0.2, 0.25) is 0 Å². The highest BCUT2D eigenvalue weighted by molar-refractivity contribution is 7.89. The second-order valence-corrected chi connectivity index (χ2v) is 5.91. The number of carboxylic acid groups (broad SMARTS) is 1. The molecular weight excluding hydrogens is 275 g/mol. The van der Waals surface area contributed by atoms with Gasteiger partial charge in [-0.25, -0.2) is 22.7 Å². The standard InChI is InChI=1S/C11H13FN2O4S/c12-8-6-7(19(13,17)18)3-4-9(8)14-5-1-2-10(14)11(15)16/h3-4,6,10H,1-2,5H2,(H,15,16)(H2,13,17,18). The lowest BCUT2D eigenvalue weighted by atomic mass is 10.2. The Balaban J connectivity index is 2.39. The molecule has 8 heteroatoms. The van der Waals surface area contributed by atoms with Crippen molar-refractivity contribution in [2.75, 3.05) is 11.4 Å². The highest BCUT2D eigenvalue weighted by Crippen LogP contribution is 2.29. The molecule has 0 spiro atoms. The van der Waals surface area contributed by atoms with E-state index in [1.54, 1.807) is 0 Å². The number of nitrogens with two attached hydrogens (primary N) is 1. The van der Waals surface area contributed by atoms with E-state index in [0.29, 0.717) is 19.4 Å². The maximum Gasteiger partial charge on any atom is 0.326 e. The lowest BCUT2D eigenvalue weighted by Crippen LogP contribution is -2.36. The van der Waals surface area contributed by atoms with Gasteiger partial charge in [0.2, 0.25) is 10.0 Å². The van der Waals surface area contributed by atoms with Gasteiger partial charge >= 0.3 is 5.97 Å². The number of sulfonamides is 1. The number of primary sulfonamides is 1. The summed E-state index contributed by atoms with van der Waals surface area (Å²) in [4.78, 5) is 12.1. The van der Waals surface area contributed by atoms with E-state index in [2.05, 4.69) is 0 Å². The normalized spacial score (nSPS) is 19.7. The zero-order valence-electron chi connectivity index (χ0n) is 9.91. The van der Waals surface area contributed by atoms with Gasteiger partial charge in [0.25, 0.3) is 0 Å². The van der Waals surface area contributed by atoms with Gasteiger partial charge in [-0.1, -0.05) is 0 Å². The number of benzene rings is 1. The Morgan fingerprint density at radius 1 is 1.47 bits per heavy atom. The average Bonchev–Trinajstić information content (AvgIpc) is 2.76. The molecule has 1 fully saturated rings. The van der Waals surface area contributed by atoms with Crippen LogP contribution in [0.4, 0.5) is 10.1 Å². The van der Waals surface area contributed by atoms with Gasteiger partial charge in [0, 0.05) is 6.54 Å². The number of hydrogen-bond donors (Lipinski definition) is 2. The van der Waals surface area contributed by atoms with E-state index in [-0.39, 0.29) is 10.6 Å². The van der Waals surface area contributed by atoms with Gasteiger partial charge in [-0.2, -0.15) is 0 Å². The molecule has 0 aromatic heterocycles. The van der Waals surface area contributed by atoms with E-state index in [9.17, 15) is 17.6 Å². The quantitative estimate of drug-likeness (QED) is 0.844. The van der Waals surface area contributed by atoms with Crippen LogP contribution in [0, 0.1) is 5.82 Å². The van der Waals surface area contributed by atoms with Crippen LogP contribution in [-0.2, 0) is 14.8 Å². The molecule has 0 saturated carbocycles. The molecule has 2 rings (SSSR count). The Kier molecular flexibility index (Phi) is 3.46. The van der Waals surface area contributed by atoms with Gasteiger partial charge in [0.05, 0.1) is 10.6 Å². The minimum Gasteiger partial charge on any atom is -0.480 e. The molecule has 0 radical (unpaired) electrons. The molecule has 1 heterocycles. The van der Waals surface area contributed by atoms with E-state index >= 15 is 0 Å². The Labute approximate surface area is 109 Å². The maximum atomic E-state index is 13.9. The van der Waals surface area contributed by atoms with Crippen LogP contribution in [0.3, 0.4) is 0 Å². The number of carboxylic acids is 1. The Morgan fingerprint density at radius 2 is 2.16 bits per heavy atom. The van der Waals surface area contributed by atoms with Crippen molar-refractivity contribution in [2.45, 2.75) is 23.8 Å². The molecule has 6 nitrogen and oxygen atoms in total. The molecule has 1 unspecified atom stereocenters. The van der Waals surface area contributed by atoms with Crippen LogP contribution in [-0.4, -0.2) is 32.1 Å². The summed E-state index contributed by atoms with van der Waals surface area (Å²) in [6.45, 7) is 0.419. The monoisotopic (exact) mass is 288 g/mol. The van der Waals surface area contributed by atoms with Crippen molar-refractivity contribution in [1.29, 1.82) is 0 Å². The lowest BCUT2D eigenvalue weighted by molar-refractivity contribution is -0.138. The van der Waals surface area contributed by atoms with E-state index in [0.717, 1.165) is 6.07 Å². The fraction of sp³-hybridized carbons (Fsp3) is 0.364. The summed E-state index contributed by atoms with van der Waals surface area (Å²) in [6.07, 6.45) is 1.08. The third kappa shape index (κ3) is 2.69. The molecule has 104 valence electrons. The fourth-order valence-electron chi connectivity index (χ4n) is 2.21. The number of halogens is 1. The van der Waals surface area contributed by atoms with Gasteiger partial charge in [-0.15, -0.1) is 0 Å². The number of nitrogens with zero attached hydrogens (tertiary/aromatic N) is 1. The van der Waals surface area contributed by atoms with Gasteiger partial charge in [-0.3, -0.25) is 0 Å². The second-order valence-electron chi connectivity index (χ2n) is 4.35. The van der Waals surface area contributed by atoms with Crippen molar-refractivity contribution >= 4 is 21.7 Å². The van der Waals surface area contributed by atoms with Crippen molar-refractivity contribution in [3.05, 3.63) is 24.0 Å². The molecular formula is C11H13FN2O4S. The van der Waals surface area contributed by atoms with Crippen LogP contribution >= 0.6 is 0 Å². The lowest BCUT2D eigenvalue weighted by Gasteiger charge is -2.24.